The van der Waals surface area contributed by atoms with Crippen LogP contribution in [-0.2, 0) is 27.7 Å². The summed E-state index contributed by atoms with van der Waals surface area (Å²) in [5.41, 5.74) is 2.35. The molecule has 0 unspecified atom stereocenters. The Bertz CT molecular complexity index is 1170. The molecule has 0 aromatic heterocycles. The lowest BCUT2D eigenvalue weighted by Gasteiger charge is -2.34. The molecular formula is C28H31FN2O3S. The molecule has 5 nitrogen and oxygen atoms in total. The first kappa shape index (κ1) is 25.1. The molecule has 0 N–H and O–H groups in total. The van der Waals surface area contributed by atoms with Crippen LogP contribution in [0.4, 0.5) is 4.39 Å². The number of nitrogens with zero attached hydrogens (tertiary/aromatic N) is 2. The highest BCUT2D eigenvalue weighted by atomic mass is 32.2. The van der Waals surface area contributed by atoms with E-state index in [1.54, 1.807) is 0 Å². The molecule has 0 radical (unpaired) electrons. The van der Waals surface area contributed by atoms with E-state index < -0.39 is 15.8 Å². The fourth-order valence-corrected chi connectivity index (χ4v) is 6.08. The van der Waals surface area contributed by atoms with Crippen molar-refractivity contribution in [2.24, 2.45) is 5.92 Å². The van der Waals surface area contributed by atoms with Gasteiger partial charge in [-0.1, -0.05) is 72.8 Å². The van der Waals surface area contributed by atoms with Crippen LogP contribution in [0.15, 0.2) is 89.8 Å². The number of benzene rings is 3. The van der Waals surface area contributed by atoms with E-state index >= 15 is 0 Å². The summed E-state index contributed by atoms with van der Waals surface area (Å²) in [7, 11) is -3.92. The van der Waals surface area contributed by atoms with Crippen molar-refractivity contribution in [2.75, 3.05) is 26.2 Å². The lowest BCUT2D eigenvalue weighted by Crippen LogP contribution is -2.45. The predicted molar refractivity (Wildman–Crippen MR) is 135 cm³/mol. The third kappa shape index (κ3) is 6.35. The number of hydrogen-bond acceptors (Lipinski definition) is 3. The fourth-order valence-electron chi connectivity index (χ4n) is 4.54. The molecule has 1 amide bonds. The Kier molecular flexibility index (Phi) is 8.31. The Morgan fingerprint density at radius 1 is 0.800 bits per heavy atom. The molecule has 0 saturated carbocycles. The molecule has 1 saturated heterocycles. The Morgan fingerprint density at radius 2 is 1.29 bits per heavy atom. The number of carbonyl (C=O) groups excluding carboxylic acids is 1. The molecule has 1 aliphatic rings. The molecule has 7 heteroatoms. The minimum atomic E-state index is -3.92. The zero-order valence-corrected chi connectivity index (χ0v) is 20.5. The van der Waals surface area contributed by atoms with E-state index in [0.29, 0.717) is 25.9 Å². The maximum absolute atomic E-state index is 14.1. The van der Waals surface area contributed by atoms with Crippen molar-refractivity contribution in [1.29, 1.82) is 0 Å². The van der Waals surface area contributed by atoms with Crippen molar-refractivity contribution in [1.82, 2.24) is 9.21 Å². The summed E-state index contributed by atoms with van der Waals surface area (Å²) in [4.78, 5) is 15.1. The number of piperidine rings is 1. The monoisotopic (exact) mass is 494 g/mol. The normalized spacial score (nSPS) is 15.1. The van der Waals surface area contributed by atoms with Crippen LogP contribution in [0, 0.1) is 11.7 Å². The zero-order valence-electron chi connectivity index (χ0n) is 19.7. The number of sulfonamides is 1. The van der Waals surface area contributed by atoms with E-state index in [0.717, 1.165) is 18.9 Å². The van der Waals surface area contributed by atoms with Crippen molar-refractivity contribution in [2.45, 2.75) is 30.6 Å². The Hall–Kier alpha value is -3.03. The Labute approximate surface area is 207 Å². The first-order chi connectivity index (χ1) is 16.9. The van der Waals surface area contributed by atoms with Crippen LogP contribution in [0.2, 0.25) is 0 Å². The molecule has 1 fully saturated rings. The molecular weight excluding hydrogens is 463 g/mol. The summed E-state index contributed by atoms with van der Waals surface area (Å²) in [6, 6.07) is 25.6. The van der Waals surface area contributed by atoms with Gasteiger partial charge >= 0.3 is 0 Å². The number of halogens is 1. The van der Waals surface area contributed by atoms with Crippen molar-refractivity contribution >= 4 is 15.9 Å². The molecule has 0 bridgehead atoms. The van der Waals surface area contributed by atoms with Crippen molar-refractivity contribution < 1.29 is 17.6 Å². The summed E-state index contributed by atoms with van der Waals surface area (Å²) < 4.78 is 41.3. The van der Waals surface area contributed by atoms with Gasteiger partial charge in [-0.15, -0.1) is 0 Å². The standard InChI is InChI=1S/C28H31FN2O3S/c29-26-13-7-8-14-27(26)35(33,34)31-21-17-25(18-22-31)28(32)30(19-15-23-9-3-1-4-10-23)20-16-24-11-5-2-6-12-24/h1-14,25H,15-22H2. The molecule has 35 heavy (non-hydrogen) atoms. The number of hydrogen-bond donors (Lipinski definition) is 0. The molecule has 1 heterocycles. The molecule has 3 aromatic rings. The fraction of sp³-hybridized carbons (Fsp3) is 0.321. The lowest BCUT2D eigenvalue weighted by atomic mass is 9.96. The first-order valence-corrected chi connectivity index (χ1v) is 13.5. The molecule has 3 aromatic carbocycles. The van der Waals surface area contributed by atoms with Crippen LogP contribution in [0.25, 0.3) is 0 Å². The first-order valence-electron chi connectivity index (χ1n) is 12.1. The minimum Gasteiger partial charge on any atom is -0.342 e. The summed E-state index contributed by atoms with van der Waals surface area (Å²) >= 11 is 0. The smallest absolute Gasteiger partial charge is 0.245 e. The second kappa shape index (κ2) is 11.6. The summed E-state index contributed by atoms with van der Waals surface area (Å²) in [5.74, 6) is -0.924. The van der Waals surface area contributed by atoms with E-state index in [2.05, 4.69) is 24.3 Å². The van der Waals surface area contributed by atoms with Gasteiger partial charge in [0.1, 0.15) is 10.7 Å². The van der Waals surface area contributed by atoms with Gasteiger partial charge in [-0.25, -0.2) is 12.8 Å². The van der Waals surface area contributed by atoms with Crippen LogP contribution >= 0.6 is 0 Å². The highest BCUT2D eigenvalue weighted by Crippen LogP contribution is 2.26. The SMILES string of the molecule is O=C(C1CCN(S(=O)(=O)c2ccccc2F)CC1)N(CCc1ccccc1)CCc1ccccc1. The van der Waals surface area contributed by atoms with Crippen LogP contribution in [0.5, 0.6) is 0 Å². The van der Waals surface area contributed by atoms with E-state index in [9.17, 15) is 17.6 Å². The largest absolute Gasteiger partial charge is 0.342 e. The van der Waals surface area contributed by atoms with Crippen LogP contribution in [-0.4, -0.2) is 49.7 Å². The second-order valence-electron chi connectivity index (χ2n) is 8.91. The van der Waals surface area contributed by atoms with Crippen molar-refractivity contribution in [3.05, 3.63) is 102 Å². The van der Waals surface area contributed by atoms with E-state index in [-0.39, 0.29) is 29.8 Å². The molecule has 4 rings (SSSR count). The molecule has 0 atom stereocenters. The maximum atomic E-state index is 14.1. The Morgan fingerprint density at radius 3 is 1.80 bits per heavy atom. The van der Waals surface area contributed by atoms with Gasteiger partial charge in [0.2, 0.25) is 15.9 Å². The average molecular weight is 495 g/mol. The second-order valence-corrected chi connectivity index (χ2v) is 10.8. The average Bonchev–Trinajstić information content (AvgIpc) is 2.90. The van der Waals surface area contributed by atoms with Gasteiger partial charge in [0.15, 0.2) is 0 Å². The van der Waals surface area contributed by atoms with Crippen LogP contribution in [0.3, 0.4) is 0 Å². The van der Waals surface area contributed by atoms with E-state index in [4.69, 9.17) is 0 Å². The summed E-state index contributed by atoms with van der Waals surface area (Å²) in [6.07, 6.45) is 2.39. The molecule has 0 aliphatic carbocycles. The van der Waals surface area contributed by atoms with Gasteiger partial charge in [0.25, 0.3) is 0 Å². The summed E-state index contributed by atoms with van der Waals surface area (Å²) in [6.45, 7) is 1.64. The van der Waals surface area contributed by atoms with Gasteiger partial charge in [0.05, 0.1) is 0 Å². The van der Waals surface area contributed by atoms with Gasteiger partial charge in [-0.05, 0) is 48.9 Å². The highest BCUT2D eigenvalue weighted by molar-refractivity contribution is 7.89. The van der Waals surface area contributed by atoms with Crippen molar-refractivity contribution in [3.8, 4) is 0 Å². The minimum absolute atomic E-state index is 0.0693. The molecule has 0 spiro atoms. The highest BCUT2D eigenvalue weighted by Gasteiger charge is 2.34. The summed E-state index contributed by atoms with van der Waals surface area (Å²) in [5, 5.41) is 0. The van der Waals surface area contributed by atoms with Gasteiger partial charge < -0.3 is 4.90 Å². The van der Waals surface area contributed by atoms with E-state index in [1.165, 1.54) is 33.6 Å². The van der Waals surface area contributed by atoms with Gasteiger partial charge in [-0.2, -0.15) is 4.31 Å². The van der Waals surface area contributed by atoms with Gasteiger partial charge in [-0.3, -0.25) is 4.79 Å². The third-order valence-corrected chi connectivity index (χ3v) is 8.53. The zero-order chi connectivity index (χ0) is 24.7. The number of carbonyl (C=O) groups is 1. The third-order valence-electron chi connectivity index (χ3n) is 6.60. The quantitative estimate of drug-likeness (QED) is 0.439. The molecule has 1 aliphatic heterocycles. The van der Waals surface area contributed by atoms with Crippen LogP contribution in [0.1, 0.15) is 24.0 Å². The van der Waals surface area contributed by atoms with E-state index in [1.807, 2.05) is 41.3 Å². The maximum Gasteiger partial charge on any atom is 0.245 e. The number of rotatable bonds is 9. The lowest BCUT2D eigenvalue weighted by molar-refractivity contribution is -0.136. The van der Waals surface area contributed by atoms with Crippen molar-refractivity contribution in [3.63, 3.8) is 0 Å². The topological polar surface area (TPSA) is 57.7 Å². The molecule has 184 valence electrons. The van der Waals surface area contributed by atoms with Crippen LogP contribution < -0.4 is 0 Å². The number of amides is 1. The van der Waals surface area contributed by atoms with Gasteiger partial charge in [0, 0.05) is 32.1 Å². The Balaban J connectivity index is 1.41. The predicted octanol–water partition coefficient (Wildman–Crippen LogP) is 4.54.